The Morgan fingerprint density at radius 1 is 1.09 bits per heavy atom. The zero-order valence-electron chi connectivity index (χ0n) is 14.5. The first-order valence-electron chi connectivity index (χ1n) is 7.85. The van der Waals surface area contributed by atoms with Crippen molar-refractivity contribution in [1.82, 2.24) is 5.32 Å². The number of nitrogens with one attached hydrogen (secondary N) is 1. The Labute approximate surface area is 139 Å². The molecule has 6 heteroatoms. The maximum Gasteiger partial charge on any atom is 0.238 e. The maximum absolute atomic E-state index is 12.1. The molecule has 0 radical (unpaired) electrons. The SMILES string of the molecule is CC(C)OCc1ccccc1CNC(=O)[C@@H](C)S(=O)(=O)C(C)C. The van der Waals surface area contributed by atoms with Gasteiger partial charge < -0.3 is 10.1 Å². The minimum Gasteiger partial charge on any atom is -0.374 e. The van der Waals surface area contributed by atoms with E-state index in [9.17, 15) is 13.2 Å². The number of benzene rings is 1. The van der Waals surface area contributed by atoms with E-state index in [-0.39, 0.29) is 12.6 Å². The summed E-state index contributed by atoms with van der Waals surface area (Å²) < 4.78 is 29.7. The molecular formula is C17H27NO4S. The van der Waals surface area contributed by atoms with Gasteiger partial charge in [-0.3, -0.25) is 4.79 Å². The van der Waals surface area contributed by atoms with Gasteiger partial charge in [-0.05, 0) is 45.7 Å². The Hall–Kier alpha value is -1.40. The van der Waals surface area contributed by atoms with Gasteiger partial charge in [0.1, 0.15) is 5.25 Å². The molecule has 1 rings (SSSR count). The number of ether oxygens (including phenoxy) is 1. The van der Waals surface area contributed by atoms with E-state index in [2.05, 4.69) is 5.32 Å². The molecule has 0 fully saturated rings. The lowest BCUT2D eigenvalue weighted by atomic mass is 10.1. The van der Waals surface area contributed by atoms with Gasteiger partial charge in [0.15, 0.2) is 9.84 Å². The zero-order valence-corrected chi connectivity index (χ0v) is 15.3. The molecule has 130 valence electrons. The molecule has 0 bridgehead atoms. The van der Waals surface area contributed by atoms with E-state index >= 15 is 0 Å². The first-order chi connectivity index (χ1) is 10.7. The minimum absolute atomic E-state index is 0.119. The molecule has 1 atom stereocenters. The molecule has 0 aliphatic heterocycles. The summed E-state index contributed by atoms with van der Waals surface area (Å²) in [7, 11) is -3.45. The average Bonchev–Trinajstić information content (AvgIpc) is 2.50. The predicted octanol–water partition coefficient (Wildman–Crippen LogP) is 2.44. The molecule has 0 heterocycles. The smallest absolute Gasteiger partial charge is 0.238 e. The highest BCUT2D eigenvalue weighted by Gasteiger charge is 2.30. The van der Waals surface area contributed by atoms with Crippen LogP contribution in [0.25, 0.3) is 0 Å². The van der Waals surface area contributed by atoms with Gasteiger partial charge in [0.25, 0.3) is 0 Å². The summed E-state index contributed by atoms with van der Waals surface area (Å²) in [5, 5.41) is 1.09. The topological polar surface area (TPSA) is 72.5 Å². The fourth-order valence-corrected chi connectivity index (χ4v) is 3.21. The summed E-state index contributed by atoms with van der Waals surface area (Å²) in [4.78, 5) is 12.1. The third kappa shape index (κ3) is 5.62. The van der Waals surface area contributed by atoms with Crippen LogP contribution in [-0.2, 0) is 32.5 Å². The van der Waals surface area contributed by atoms with E-state index in [4.69, 9.17) is 4.74 Å². The van der Waals surface area contributed by atoms with Gasteiger partial charge in [0, 0.05) is 6.54 Å². The van der Waals surface area contributed by atoms with E-state index < -0.39 is 26.2 Å². The van der Waals surface area contributed by atoms with Gasteiger partial charge in [-0.15, -0.1) is 0 Å². The van der Waals surface area contributed by atoms with Crippen molar-refractivity contribution in [3.8, 4) is 0 Å². The lowest BCUT2D eigenvalue weighted by molar-refractivity contribution is -0.120. The van der Waals surface area contributed by atoms with Crippen LogP contribution in [0.1, 0.15) is 45.7 Å². The summed E-state index contributed by atoms with van der Waals surface area (Å²) in [6.07, 6.45) is 0.119. The van der Waals surface area contributed by atoms with Crippen molar-refractivity contribution in [1.29, 1.82) is 0 Å². The van der Waals surface area contributed by atoms with Crippen LogP contribution in [0.2, 0.25) is 0 Å². The third-order valence-electron chi connectivity index (χ3n) is 3.66. The summed E-state index contributed by atoms with van der Waals surface area (Å²) in [5.41, 5.74) is 1.91. The molecule has 1 amide bonds. The normalized spacial score (nSPS) is 13.3. The Kier molecular flexibility index (Phi) is 7.22. The third-order valence-corrected chi connectivity index (χ3v) is 6.18. The average molecular weight is 341 g/mol. The van der Waals surface area contributed by atoms with Crippen LogP contribution in [0.4, 0.5) is 0 Å². The summed E-state index contributed by atoms with van der Waals surface area (Å²) in [6, 6.07) is 7.64. The quantitative estimate of drug-likeness (QED) is 0.788. The second-order valence-electron chi connectivity index (χ2n) is 6.13. The Morgan fingerprint density at radius 3 is 2.17 bits per heavy atom. The lowest BCUT2D eigenvalue weighted by Gasteiger charge is -2.17. The largest absolute Gasteiger partial charge is 0.374 e. The van der Waals surface area contributed by atoms with Crippen LogP contribution in [-0.4, -0.2) is 30.9 Å². The van der Waals surface area contributed by atoms with Crippen molar-refractivity contribution in [3.63, 3.8) is 0 Å². The highest BCUT2D eigenvalue weighted by molar-refractivity contribution is 7.93. The zero-order chi connectivity index (χ0) is 17.6. The Morgan fingerprint density at radius 2 is 1.65 bits per heavy atom. The van der Waals surface area contributed by atoms with Crippen LogP contribution >= 0.6 is 0 Å². The van der Waals surface area contributed by atoms with Gasteiger partial charge in [-0.25, -0.2) is 8.42 Å². The molecule has 0 aliphatic rings. The minimum atomic E-state index is -3.45. The van der Waals surface area contributed by atoms with Crippen molar-refractivity contribution < 1.29 is 17.9 Å². The van der Waals surface area contributed by atoms with Crippen molar-refractivity contribution in [2.24, 2.45) is 0 Å². The molecule has 1 aromatic carbocycles. The molecule has 0 saturated carbocycles. The molecule has 5 nitrogen and oxygen atoms in total. The second-order valence-corrected chi connectivity index (χ2v) is 8.95. The summed E-state index contributed by atoms with van der Waals surface area (Å²) >= 11 is 0. The standard InChI is InChI=1S/C17H27NO4S/c1-12(2)22-11-16-9-7-6-8-15(16)10-18-17(19)14(5)23(20,21)13(3)4/h6-9,12-14H,10-11H2,1-5H3,(H,18,19)/t14-/m1/s1. The summed E-state index contributed by atoms with van der Waals surface area (Å²) in [6.45, 7) is 9.26. The number of hydrogen-bond acceptors (Lipinski definition) is 4. The number of sulfone groups is 1. The van der Waals surface area contributed by atoms with Crippen LogP contribution < -0.4 is 5.32 Å². The second kappa shape index (κ2) is 8.45. The number of carbonyl (C=O) groups excluding carboxylic acids is 1. The molecule has 23 heavy (non-hydrogen) atoms. The van der Waals surface area contributed by atoms with Crippen LogP contribution in [0.3, 0.4) is 0 Å². The van der Waals surface area contributed by atoms with Crippen molar-refractivity contribution in [2.75, 3.05) is 0 Å². The Balaban J connectivity index is 2.73. The van der Waals surface area contributed by atoms with E-state index in [0.717, 1.165) is 11.1 Å². The Bertz CT molecular complexity index is 623. The number of carbonyl (C=O) groups is 1. The van der Waals surface area contributed by atoms with Crippen LogP contribution in [0, 0.1) is 0 Å². The highest BCUT2D eigenvalue weighted by atomic mass is 32.2. The molecule has 0 aliphatic carbocycles. The predicted molar refractivity (Wildman–Crippen MR) is 91.7 cm³/mol. The lowest BCUT2D eigenvalue weighted by Crippen LogP contribution is -2.40. The molecule has 0 spiro atoms. The molecule has 1 N–H and O–H groups in total. The first-order valence-corrected chi connectivity index (χ1v) is 9.46. The van der Waals surface area contributed by atoms with Crippen LogP contribution in [0.5, 0.6) is 0 Å². The van der Waals surface area contributed by atoms with E-state index in [1.54, 1.807) is 13.8 Å². The van der Waals surface area contributed by atoms with Gasteiger partial charge in [0.05, 0.1) is 18.0 Å². The monoisotopic (exact) mass is 341 g/mol. The molecule has 0 unspecified atom stereocenters. The molecule has 0 saturated heterocycles. The number of hydrogen-bond donors (Lipinski definition) is 1. The highest BCUT2D eigenvalue weighted by Crippen LogP contribution is 2.13. The van der Waals surface area contributed by atoms with Crippen molar-refractivity contribution >= 4 is 15.7 Å². The van der Waals surface area contributed by atoms with Gasteiger partial charge in [-0.2, -0.15) is 0 Å². The fourth-order valence-electron chi connectivity index (χ4n) is 2.01. The van der Waals surface area contributed by atoms with Crippen molar-refractivity contribution in [3.05, 3.63) is 35.4 Å². The summed E-state index contributed by atoms with van der Waals surface area (Å²) in [5.74, 6) is -0.474. The van der Waals surface area contributed by atoms with E-state index in [0.29, 0.717) is 6.61 Å². The maximum atomic E-state index is 12.1. The molecule has 1 aromatic rings. The van der Waals surface area contributed by atoms with Crippen LogP contribution in [0.15, 0.2) is 24.3 Å². The van der Waals surface area contributed by atoms with Crippen molar-refractivity contribution in [2.45, 2.75) is 64.4 Å². The number of amides is 1. The first kappa shape index (κ1) is 19.6. The van der Waals surface area contributed by atoms with Gasteiger partial charge in [0.2, 0.25) is 5.91 Å². The van der Waals surface area contributed by atoms with Gasteiger partial charge >= 0.3 is 0 Å². The fraction of sp³-hybridized carbons (Fsp3) is 0.588. The molecular weight excluding hydrogens is 314 g/mol. The van der Waals surface area contributed by atoms with E-state index in [1.165, 1.54) is 6.92 Å². The number of rotatable bonds is 8. The van der Waals surface area contributed by atoms with E-state index in [1.807, 2.05) is 38.1 Å². The molecule has 0 aromatic heterocycles. The van der Waals surface area contributed by atoms with Gasteiger partial charge in [-0.1, -0.05) is 24.3 Å².